The van der Waals surface area contributed by atoms with Gasteiger partial charge in [0.2, 0.25) is 0 Å². The number of aromatic nitrogens is 1. The van der Waals surface area contributed by atoms with E-state index >= 15 is 0 Å². The minimum atomic E-state index is -0.460. The molecule has 5 heteroatoms. The van der Waals surface area contributed by atoms with Crippen LogP contribution in [-0.2, 0) is 0 Å². The van der Waals surface area contributed by atoms with Crippen molar-refractivity contribution in [3.05, 3.63) is 62.9 Å². The quantitative estimate of drug-likeness (QED) is 0.471. The van der Waals surface area contributed by atoms with Crippen molar-refractivity contribution in [3.8, 4) is 11.1 Å². The van der Waals surface area contributed by atoms with E-state index in [1.54, 1.807) is 6.07 Å². The first kappa shape index (κ1) is 13.8. The molecule has 0 radical (unpaired) electrons. The molecule has 0 aliphatic heterocycles. The van der Waals surface area contributed by atoms with Gasteiger partial charge in [-0.1, -0.05) is 69.5 Å². The molecule has 0 saturated carbocycles. The minimum absolute atomic E-state index is 0.169. The molecule has 0 aliphatic carbocycles. The summed E-state index contributed by atoms with van der Waals surface area (Å²) in [5.41, 5.74) is 1.62. The van der Waals surface area contributed by atoms with Crippen molar-refractivity contribution in [3.63, 3.8) is 0 Å². The van der Waals surface area contributed by atoms with Gasteiger partial charge in [0.15, 0.2) is 5.82 Å². The Balaban J connectivity index is 2.40. The van der Waals surface area contributed by atoms with Gasteiger partial charge >= 0.3 is 0 Å². The molecule has 20 heavy (non-hydrogen) atoms. The first-order chi connectivity index (χ1) is 9.58. The molecule has 2 aromatic carbocycles. The fourth-order valence-electron chi connectivity index (χ4n) is 2.08. The summed E-state index contributed by atoms with van der Waals surface area (Å²) in [6.45, 7) is 0. The fourth-order valence-corrected chi connectivity index (χ4v) is 3.19. The number of hydrogen-bond donors (Lipinski definition) is 0. The van der Waals surface area contributed by atoms with E-state index in [1.165, 1.54) is 6.07 Å². The van der Waals surface area contributed by atoms with E-state index in [1.807, 2.05) is 30.3 Å². The molecule has 0 amide bonds. The van der Waals surface area contributed by atoms with Crippen molar-refractivity contribution < 1.29 is 4.39 Å². The van der Waals surface area contributed by atoms with E-state index in [-0.39, 0.29) is 10.7 Å². The monoisotopic (exact) mass is 369 g/mol. The number of rotatable bonds is 1. The Kier molecular flexibility index (Phi) is 3.67. The van der Waals surface area contributed by atoms with E-state index < -0.39 is 5.82 Å². The zero-order valence-electron chi connectivity index (χ0n) is 10.0. The molecule has 0 bridgehead atoms. The Morgan fingerprint density at radius 1 is 1.05 bits per heavy atom. The third-order valence-electron chi connectivity index (χ3n) is 2.96. The Bertz CT molecular complexity index is 806. The number of benzene rings is 2. The smallest absolute Gasteiger partial charge is 0.150 e. The molecule has 3 rings (SSSR count). The van der Waals surface area contributed by atoms with Crippen LogP contribution in [0.4, 0.5) is 4.39 Å². The SMILES string of the molecule is Fc1cc(Br)cc2c(Cl)c(-c3ccccc3)c(Cl)nc12. The zero-order chi connectivity index (χ0) is 14.3. The summed E-state index contributed by atoms with van der Waals surface area (Å²) in [5, 5.41) is 1.11. The molecule has 0 unspecified atom stereocenters. The second-order valence-electron chi connectivity index (χ2n) is 4.24. The van der Waals surface area contributed by atoms with Gasteiger partial charge in [-0.2, -0.15) is 0 Å². The standard InChI is InChI=1S/C15H7BrCl2FN/c16-9-6-10-13(17)12(8-4-2-1-3-5-8)15(18)20-14(10)11(19)7-9/h1-7H. The molecule has 1 nitrogen and oxygen atoms in total. The highest BCUT2D eigenvalue weighted by Crippen LogP contribution is 2.39. The van der Waals surface area contributed by atoms with Crippen molar-refractivity contribution in [2.75, 3.05) is 0 Å². The second kappa shape index (κ2) is 5.32. The van der Waals surface area contributed by atoms with Crippen molar-refractivity contribution in [1.29, 1.82) is 0 Å². The summed E-state index contributed by atoms with van der Waals surface area (Å²) < 4.78 is 14.5. The predicted octanol–water partition coefficient (Wildman–Crippen LogP) is 6.11. The average molecular weight is 371 g/mol. The maximum absolute atomic E-state index is 13.9. The van der Waals surface area contributed by atoms with Crippen LogP contribution in [0.1, 0.15) is 0 Å². The fraction of sp³-hybridized carbons (Fsp3) is 0. The molecule has 100 valence electrons. The van der Waals surface area contributed by atoms with Crippen LogP contribution >= 0.6 is 39.1 Å². The Labute approximate surface area is 133 Å². The van der Waals surface area contributed by atoms with Gasteiger partial charge in [0.1, 0.15) is 10.7 Å². The number of pyridine rings is 1. The molecular weight excluding hydrogens is 364 g/mol. The molecule has 1 heterocycles. The first-order valence-corrected chi connectivity index (χ1v) is 7.32. The van der Waals surface area contributed by atoms with Crippen molar-refractivity contribution in [2.45, 2.75) is 0 Å². The van der Waals surface area contributed by atoms with Crippen molar-refractivity contribution in [1.82, 2.24) is 4.98 Å². The largest absolute Gasteiger partial charge is 0.232 e. The maximum Gasteiger partial charge on any atom is 0.150 e. The van der Waals surface area contributed by atoms with Gasteiger partial charge in [0, 0.05) is 15.4 Å². The van der Waals surface area contributed by atoms with Crippen LogP contribution in [0.2, 0.25) is 10.2 Å². The molecule has 0 fully saturated rings. The predicted molar refractivity (Wildman–Crippen MR) is 84.9 cm³/mol. The Morgan fingerprint density at radius 3 is 2.45 bits per heavy atom. The zero-order valence-corrected chi connectivity index (χ0v) is 13.1. The molecule has 0 aliphatic rings. The van der Waals surface area contributed by atoms with Gasteiger partial charge in [-0.15, -0.1) is 0 Å². The maximum atomic E-state index is 13.9. The lowest BCUT2D eigenvalue weighted by atomic mass is 10.1. The van der Waals surface area contributed by atoms with Gasteiger partial charge in [-0.05, 0) is 17.7 Å². The van der Waals surface area contributed by atoms with Crippen LogP contribution in [0.3, 0.4) is 0 Å². The van der Waals surface area contributed by atoms with E-state index in [0.717, 1.165) is 5.56 Å². The highest BCUT2D eigenvalue weighted by molar-refractivity contribution is 9.10. The van der Waals surface area contributed by atoms with Crippen molar-refractivity contribution in [2.24, 2.45) is 0 Å². The number of hydrogen-bond acceptors (Lipinski definition) is 1. The Morgan fingerprint density at radius 2 is 1.75 bits per heavy atom. The summed E-state index contributed by atoms with van der Waals surface area (Å²) >= 11 is 15.9. The van der Waals surface area contributed by atoms with Gasteiger partial charge in [0.05, 0.1) is 5.02 Å². The lowest BCUT2D eigenvalue weighted by molar-refractivity contribution is 0.636. The second-order valence-corrected chi connectivity index (χ2v) is 5.89. The van der Waals surface area contributed by atoms with Gasteiger partial charge in [-0.3, -0.25) is 0 Å². The van der Waals surface area contributed by atoms with Gasteiger partial charge in [0.25, 0.3) is 0 Å². The molecule has 0 N–H and O–H groups in total. The minimum Gasteiger partial charge on any atom is -0.232 e. The third kappa shape index (κ3) is 2.30. The number of fused-ring (bicyclic) bond motifs is 1. The average Bonchev–Trinajstić information content (AvgIpc) is 2.42. The molecule has 1 aromatic heterocycles. The van der Waals surface area contributed by atoms with Gasteiger partial charge < -0.3 is 0 Å². The molecule has 0 atom stereocenters. The summed E-state index contributed by atoms with van der Waals surface area (Å²) in [6, 6.07) is 12.5. The van der Waals surface area contributed by atoms with Crippen LogP contribution in [0.15, 0.2) is 46.9 Å². The summed E-state index contributed by atoms with van der Waals surface area (Å²) in [4.78, 5) is 4.14. The molecule has 0 spiro atoms. The normalized spacial score (nSPS) is 11.0. The van der Waals surface area contributed by atoms with E-state index in [0.29, 0.717) is 20.4 Å². The van der Waals surface area contributed by atoms with E-state index in [4.69, 9.17) is 23.2 Å². The van der Waals surface area contributed by atoms with E-state index in [2.05, 4.69) is 20.9 Å². The summed E-state index contributed by atoms with van der Waals surface area (Å²) in [7, 11) is 0. The van der Waals surface area contributed by atoms with Crippen molar-refractivity contribution >= 4 is 50.0 Å². The highest BCUT2D eigenvalue weighted by Gasteiger charge is 2.16. The lowest BCUT2D eigenvalue weighted by Crippen LogP contribution is -1.91. The topological polar surface area (TPSA) is 12.9 Å². The first-order valence-electron chi connectivity index (χ1n) is 5.77. The lowest BCUT2D eigenvalue weighted by Gasteiger charge is -2.10. The van der Waals surface area contributed by atoms with Gasteiger partial charge in [-0.25, -0.2) is 9.37 Å². The Hall–Kier alpha value is -1.16. The number of halogens is 4. The van der Waals surface area contributed by atoms with Crippen LogP contribution in [0.25, 0.3) is 22.0 Å². The third-order valence-corrected chi connectivity index (χ3v) is 4.09. The van der Waals surface area contributed by atoms with Crippen LogP contribution in [0, 0.1) is 5.82 Å². The molecule has 3 aromatic rings. The van der Waals surface area contributed by atoms with Crippen LogP contribution in [0.5, 0.6) is 0 Å². The molecular formula is C15H7BrCl2FN. The molecule has 0 saturated heterocycles. The summed E-state index contributed by atoms with van der Waals surface area (Å²) in [6.07, 6.45) is 0. The van der Waals surface area contributed by atoms with E-state index in [9.17, 15) is 4.39 Å². The number of nitrogens with zero attached hydrogens (tertiary/aromatic N) is 1. The highest BCUT2D eigenvalue weighted by atomic mass is 79.9. The van der Waals surface area contributed by atoms with Crippen LogP contribution in [-0.4, -0.2) is 4.98 Å². The van der Waals surface area contributed by atoms with Crippen LogP contribution < -0.4 is 0 Å². The summed E-state index contributed by atoms with van der Waals surface area (Å²) in [5.74, 6) is -0.460.